The summed E-state index contributed by atoms with van der Waals surface area (Å²) < 4.78 is 1.77. The molecule has 36 heavy (non-hydrogen) atoms. The number of likely N-dealkylation sites (tertiary alicyclic amines) is 1. The van der Waals surface area contributed by atoms with Crippen molar-refractivity contribution in [3.05, 3.63) is 87.3 Å². The largest absolute Gasteiger partial charge is 0.365 e. The Morgan fingerprint density at radius 1 is 1.00 bits per heavy atom. The van der Waals surface area contributed by atoms with E-state index in [4.69, 9.17) is 5.73 Å². The molecule has 0 radical (unpaired) electrons. The number of nitrogens with one attached hydrogen (secondary N) is 1. The van der Waals surface area contributed by atoms with Crippen molar-refractivity contribution in [2.45, 2.75) is 38.6 Å². The minimum atomic E-state index is -0.770. The number of pyridine rings is 1. The van der Waals surface area contributed by atoms with Crippen LogP contribution < -0.4 is 16.5 Å². The topological polar surface area (TPSA) is 106 Å². The van der Waals surface area contributed by atoms with Gasteiger partial charge in [-0.1, -0.05) is 18.2 Å². The van der Waals surface area contributed by atoms with Crippen molar-refractivity contribution in [3.8, 4) is 5.69 Å². The maximum Gasteiger partial charge on any atom is 0.254 e. The third-order valence-corrected chi connectivity index (χ3v) is 7.18. The monoisotopic (exact) mass is 480 g/mol. The van der Waals surface area contributed by atoms with Gasteiger partial charge in [-0.05, 0) is 86.1 Å². The minimum Gasteiger partial charge on any atom is -0.365 e. The lowest BCUT2D eigenvalue weighted by Crippen LogP contribution is -2.24. The fourth-order valence-electron chi connectivity index (χ4n) is 5.27. The maximum atomic E-state index is 13.0. The molecule has 8 nitrogen and oxygen atoms in total. The summed E-state index contributed by atoms with van der Waals surface area (Å²) in [5, 5.41) is 3.50. The average Bonchev–Trinajstić information content (AvgIpc) is 3.57. The van der Waals surface area contributed by atoms with E-state index in [1.807, 2.05) is 18.2 Å². The first-order chi connectivity index (χ1) is 17.5. The molecule has 1 fully saturated rings. The molecule has 1 saturated heterocycles. The van der Waals surface area contributed by atoms with Crippen LogP contribution in [0.3, 0.4) is 0 Å². The Balaban J connectivity index is 1.36. The van der Waals surface area contributed by atoms with Crippen LogP contribution in [-0.2, 0) is 19.4 Å². The van der Waals surface area contributed by atoms with Gasteiger partial charge in [0.25, 0.3) is 5.91 Å². The van der Waals surface area contributed by atoms with Gasteiger partial charge in [-0.2, -0.15) is 4.98 Å². The molecule has 2 aromatic carbocycles. The van der Waals surface area contributed by atoms with E-state index in [0.717, 1.165) is 50.3 Å². The highest BCUT2D eigenvalue weighted by Gasteiger charge is 2.18. The van der Waals surface area contributed by atoms with Gasteiger partial charge in [-0.15, -0.1) is 0 Å². The second-order valence-electron chi connectivity index (χ2n) is 9.65. The molecule has 6 rings (SSSR count). The molecule has 182 valence electrons. The predicted molar refractivity (Wildman–Crippen MR) is 140 cm³/mol. The predicted octanol–water partition coefficient (Wildman–Crippen LogP) is 3.71. The van der Waals surface area contributed by atoms with E-state index in [-0.39, 0.29) is 10.9 Å². The number of aromatic nitrogens is 3. The molecule has 3 heterocycles. The normalized spacial score (nSPS) is 15.3. The SMILES string of the molecule is NC(=O)c1cn(-c2ccc3c(c2)CCC3)c2nc(Nc3ccc(CN4CCCC4)cc3)ncc2c1=O. The van der Waals surface area contributed by atoms with Crippen LogP contribution in [0.25, 0.3) is 16.7 Å². The van der Waals surface area contributed by atoms with Crippen LogP contribution >= 0.6 is 0 Å². The fourth-order valence-corrected chi connectivity index (χ4v) is 5.27. The number of nitrogens with two attached hydrogens (primary N) is 1. The first kappa shape index (κ1) is 22.4. The van der Waals surface area contributed by atoms with E-state index >= 15 is 0 Å². The van der Waals surface area contributed by atoms with Crippen molar-refractivity contribution >= 4 is 28.6 Å². The number of amides is 1. The van der Waals surface area contributed by atoms with Gasteiger partial charge in [0.2, 0.25) is 11.4 Å². The summed E-state index contributed by atoms with van der Waals surface area (Å²) in [6, 6.07) is 14.5. The lowest BCUT2D eigenvalue weighted by molar-refractivity contribution is 0.0999. The zero-order chi connectivity index (χ0) is 24.6. The smallest absolute Gasteiger partial charge is 0.254 e. The zero-order valence-corrected chi connectivity index (χ0v) is 20.0. The van der Waals surface area contributed by atoms with E-state index in [1.54, 1.807) is 4.57 Å². The number of primary amides is 1. The number of carbonyl (C=O) groups excluding carboxylic acids is 1. The van der Waals surface area contributed by atoms with Crippen molar-refractivity contribution in [1.29, 1.82) is 0 Å². The molecule has 0 atom stereocenters. The van der Waals surface area contributed by atoms with Crippen LogP contribution in [0, 0.1) is 0 Å². The summed E-state index contributed by atoms with van der Waals surface area (Å²) >= 11 is 0. The lowest BCUT2D eigenvalue weighted by Gasteiger charge is -2.15. The van der Waals surface area contributed by atoms with Crippen LogP contribution in [0.4, 0.5) is 11.6 Å². The fraction of sp³-hybridized carbons (Fsp3) is 0.286. The van der Waals surface area contributed by atoms with Crippen LogP contribution in [0.1, 0.15) is 46.3 Å². The molecule has 2 aliphatic rings. The first-order valence-corrected chi connectivity index (χ1v) is 12.5. The molecule has 1 amide bonds. The molecule has 4 aromatic rings. The number of nitrogens with zero attached hydrogens (tertiary/aromatic N) is 4. The summed E-state index contributed by atoms with van der Waals surface area (Å²) in [5.41, 5.74) is 11.0. The summed E-state index contributed by atoms with van der Waals surface area (Å²) in [7, 11) is 0. The first-order valence-electron chi connectivity index (χ1n) is 12.5. The van der Waals surface area contributed by atoms with E-state index in [1.165, 1.54) is 41.9 Å². The Labute approximate surface area is 208 Å². The lowest BCUT2D eigenvalue weighted by atomic mass is 10.1. The number of rotatable bonds is 6. The number of fused-ring (bicyclic) bond motifs is 2. The van der Waals surface area contributed by atoms with Gasteiger partial charge in [0, 0.05) is 30.3 Å². The highest BCUT2D eigenvalue weighted by Crippen LogP contribution is 2.26. The second kappa shape index (κ2) is 9.20. The zero-order valence-electron chi connectivity index (χ0n) is 20.0. The third-order valence-electron chi connectivity index (χ3n) is 7.18. The van der Waals surface area contributed by atoms with Crippen molar-refractivity contribution < 1.29 is 4.79 Å². The van der Waals surface area contributed by atoms with Crippen LogP contribution in [-0.4, -0.2) is 38.4 Å². The average molecular weight is 481 g/mol. The molecule has 8 heteroatoms. The Kier molecular flexibility index (Phi) is 5.73. The summed E-state index contributed by atoms with van der Waals surface area (Å²) in [6.45, 7) is 3.28. The minimum absolute atomic E-state index is 0.0825. The molecule has 0 saturated carbocycles. The van der Waals surface area contributed by atoms with Crippen LogP contribution in [0.2, 0.25) is 0 Å². The van der Waals surface area contributed by atoms with Gasteiger partial charge in [0.1, 0.15) is 5.56 Å². The van der Waals surface area contributed by atoms with Gasteiger partial charge >= 0.3 is 0 Å². The van der Waals surface area contributed by atoms with Gasteiger partial charge in [0.15, 0.2) is 5.65 Å². The Bertz CT molecular complexity index is 1520. The standard InChI is InChI=1S/C28H28N6O2/c29-26(36)24-17-34(22-11-8-19-4-3-5-20(19)14-22)27-23(25(24)35)15-30-28(32-27)31-21-9-6-18(7-10-21)16-33-12-1-2-13-33/h6-11,14-15,17H,1-5,12-13,16H2,(H2,29,36)(H,30,31,32). The number of anilines is 2. The number of aryl methyl sites for hydroxylation is 2. The maximum absolute atomic E-state index is 13.0. The molecule has 0 spiro atoms. The molecule has 2 aromatic heterocycles. The highest BCUT2D eigenvalue weighted by molar-refractivity contribution is 5.96. The van der Waals surface area contributed by atoms with Crippen molar-refractivity contribution in [3.63, 3.8) is 0 Å². The van der Waals surface area contributed by atoms with E-state index in [2.05, 4.69) is 44.5 Å². The summed E-state index contributed by atoms with van der Waals surface area (Å²) in [6.07, 6.45) is 8.72. The van der Waals surface area contributed by atoms with Gasteiger partial charge < -0.3 is 15.6 Å². The molecular formula is C28H28N6O2. The summed E-state index contributed by atoms with van der Waals surface area (Å²) in [5.74, 6) is -0.399. The third kappa shape index (κ3) is 4.24. The molecule has 1 aliphatic heterocycles. The number of benzene rings is 2. The number of hydrogen-bond acceptors (Lipinski definition) is 6. The highest BCUT2D eigenvalue weighted by atomic mass is 16.2. The Hall–Kier alpha value is -4.04. The number of hydrogen-bond donors (Lipinski definition) is 2. The quantitative estimate of drug-likeness (QED) is 0.436. The van der Waals surface area contributed by atoms with Crippen LogP contribution in [0.5, 0.6) is 0 Å². The molecule has 1 aliphatic carbocycles. The van der Waals surface area contributed by atoms with E-state index in [9.17, 15) is 9.59 Å². The van der Waals surface area contributed by atoms with Gasteiger partial charge in [0.05, 0.1) is 5.39 Å². The Morgan fingerprint density at radius 2 is 1.78 bits per heavy atom. The van der Waals surface area contributed by atoms with Gasteiger partial charge in [-0.3, -0.25) is 14.5 Å². The van der Waals surface area contributed by atoms with Crippen molar-refractivity contribution in [1.82, 2.24) is 19.4 Å². The summed E-state index contributed by atoms with van der Waals surface area (Å²) in [4.78, 5) is 36.5. The Morgan fingerprint density at radius 3 is 2.56 bits per heavy atom. The molecule has 0 unspecified atom stereocenters. The second-order valence-corrected chi connectivity index (χ2v) is 9.65. The number of carbonyl (C=O) groups is 1. The van der Waals surface area contributed by atoms with Crippen LogP contribution in [0.15, 0.2) is 59.7 Å². The van der Waals surface area contributed by atoms with E-state index in [0.29, 0.717) is 11.6 Å². The molecular weight excluding hydrogens is 452 g/mol. The van der Waals surface area contributed by atoms with E-state index < -0.39 is 11.3 Å². The van der Waals surface area contributed by atoms with Gasteiger partial charge in [-0.25, -0.2) is 4.98 Å². The van der Waals surface area contributed by atoms with Crippen molar-refractivity contribution in [2.75, 3.05) is 18.4 Å². The molecule has 0 bridgehead atoms. The molecule has 3 N–H and O–H groups in total. The van der Waals surface area contributed by atoms with Crippen molar-refractivity contribution in [2.24, 2.45) is 5.73 Å².